The molecular weight excluding hydrogens is 236 g/mol. The first-order valence-corrected chi connectivity index (χ1v) is 5.66. The second-order valence-electron chi connectivity index (χ2n) is 4.22. The van der Waals surface area contributed by atoms with Crippen LogP contribution in [0.1, 0.15) is 5.69 Å². The maximum Gasteiger partial charge on any atom is 0.309 e. The van der Waals surface area contributed by atoms with Gasteiger partial charge in [-0.2, -0.15) is 0 Å². The molecule has 6 heteroatoms. The summed E-state index contributed by atoms with van der Waals surface area (Å²) in [7, 11) is 3.14. The Morgan fingerprint density at radius 2 is 2.22 bits per heavy atom. The molecule has 0 spiro atoms. The molecule has 98 valence electrons. The zero-order valence-electron chi connectivity index (χ0n) is 10.4. The highest BCUT2D eigenvalue weighted by atomic mass is 16.5. The van der Waals surface area contributed by atoms with E-state index >= 15 is 0 Å². The highest BCUT2D eigenvalue weighted by molar-refractivity contribution is 5.71. The lowest BCUT2D eigenvalue weighted by atomic mass is 10.0. The van der Waals surface area contributed by atoms with E-state index in [2.05, 4.69) is 4.98 Å². The summed E-state index contributed by atoms with van der Waals surface area (Å²) in [5.74, 6) is 0.245. The van der Waals surface area contributed by atoms with Crippen molar-refractivity contribution < 1.29 is 19.4 Å². The Morgan fingerprint density at radius 1 is 1.50 bits per heavy atom. The van der Waals surface area contributed by atoms with Crippen LogP contribution in [0.15, 0.2) is 12.3 Å². The molecule has 2 heterocycles. The van der Waals surface area contributed by atoms with Gasteiger partial charge in [-0.25, -0.2) is 0 Å². The Hall–Kier alpha value is -1.82. The van der Waals surface area contributed by atoms with Gasteiger partial charge in [-0.05, 0) is 0 Å². The Balaban J connectivity index is 2.04. The van der Waals surface area contributed by atoms with Gasteiger partial charge in [0.1, 0.15) is 5.69 Å². The molecule has 0 radical (unpaired) electrons. The molecule has 0 unspecified atom stereocenters. The van der Waals surface area contributed by atoms with Gasteiger partial charge in [0.25, 0.3) is 0 Å². The standard InChI is InChI=1S/C12H16N2O4/c1-17-10-3-4-13-9(11(10)18-2)7-14-5-8(6-14)12(15)16/h3-4,8H,5-7H2,1-2H3,(H,15,16). The average Bonchev–Trinajstić information content (AvgIpc) is 2.31. The number of ether oxygens (including phenoxy) is 2. The molecular formula is C12H16N2O4. The number of methoxy groups -OCH3 is 2. The Morgan fingerprint density at radius 3 is 2.78 bits per heavy atom. The van der Waals surface area contributed by atoms with Gasteiger partial charge < -0.3 is 14.6 Å². The Labute approximate surface area is 105 Å². The van der Waals surface area contributed by atoms with Crippen molar-refractivity contribution in [2.75, 3.05) is 27.3 Å². The number of carboxylic acids is 1. The van der Waals surface area contributed by atoms with Crippen molar-refractivity contribution in [2.45, 2.75) is 6.54 Å². The minimum Gasteiger partial charge on any atom is -0.493 e. The molecule has 0 atom stereocenters. The summed E-state index contributed by atoms with van der Waals surface area (Å²) in [5.41, 5.74) is 0.765. The lowest BCUT2D eigenvalue weighted by molar-refractivity contribution is -0.147. The third-order valence-electron chi connectivity index (χ3n) is 3.05. The summed E-state index contributed by atoms with van der Waals surface area (Å²) in [6.07, 6.45) is 1.66. The molecule has 1 aliphatic rings. The van der Waals surface area contributed by atoms with Crippen LogP contribution in [0.25, 0.3) is 0 Å². The van der Waals surface area contributed by atoms with Gasteiger partial charge >= 0.3 is 5.97 Å². The quantitative estimate of drug-likeness (QED) is 0.828. The fraction of sp³-hybridized carbons (Fsp3) is 0.500. The lowest BCUT2D eigenvalue weighted by Gasteiger charge is -2.36. The fourth-order valence-electron chi connectivity index (χ4n) is 2.03. The van der Waals surface area contributed by atoms with Crippen molar-refractivity contribution in [3.8, 4) is 11.5 Å². The van der Waals surface area contributed by atoms with E-state index in [4.69, 9.17) is 14.6 Å². The second-order valence-corrected chi connectivity index (χ2v) is 4.22. The van der Waals surface area contributed by atoms with Gasteiger partial charge in [-0.1, -0.05) is 0 Å². The van der Waals surface area contributed by atoms with E-state index in [0.29, 0.717) is 31.1 Å². The van der Waals surface area contributed by atoms with Crippen molar-refractivity contribution in [1.29, 1.82) is 0 Å². The second kappa shape index (κ2) is 5.22. The minimum atomic E-state index is -0.739. The van der Waals surface area contributed by atoms with E-state index in [-0.39, 0.29) is 5.92 Å². The molecule has 6 nitrogen and oxygen atoms in total. The Kier molecular flexibility index (Phi) is 3.66. The molecule has 18 heavy (non-hydrogen) atoms. The third kappa shape index (κ3) is 2.38. The van der Waals surface area contributed by atoms with Crippen LogP contribution in [0.2, 0.25) is 0 Å². The SMILES string of the molecule is COc1ccnc(CN2CC(C(=O)O)C2)c1OC. The molecule has 1 aromatic rings. The number of hydrogen-bond donors (Lipinski definition) is 1. The predicted octanol–water partition coefficient (Wildman–Crippen LogP) is 0.615. The van der Waals surface area contributed by atoms with Crippen LogP contribution in [-0.2, 0) is 11.3 Å². The van der Waals surface area contributed by atoms with Gasteiger partial charge in [-0.15, -0.1) is 0 Å². The van der Waals surface area contributed by atoms with Crippen LogP contribution in [0, 0.1) is 5.92 Å². The van der Waals surface area contributed by atoms with E-state index in [0.717, 1.165) is 5.69 Å². The van der Waals surface area contributed by atoms with Crippen LogP contribution in [0.4, 0.5) is 0 Å². The molecule has 1 fully saturated rings. The van der Waals surface area contributed by atoms with Gasteiger partial charge in [0.15, 0.2) is 11.5 Å². The molecule has 0 bridgehead atoms. The van der Waals surface area contributed by atoms with Crippen molar-refractivity contribution in [3.05, 3.63) is 18.0 Å². The smallest absolute Gasteiger partial charge is 0.309 e. The number of nitrogens with zero attached hydrogens (tertiary/aromatic N) is 2. The molecule has 1 aliphatic heterocycles. The summed E-state index contributed by atoms with van der Waals surface area (Å²) in [5, 5.41) is 8.81. The van der Waals surface area contributed by atoms with E-state index in [9.17, 15) is 4.79 Å². The monoisotopic (exact) mass is 252 g/mol. The first-order chi connectivity index (χ1) is 8.65. The number of aromatic nitrogens is 1. The fourth-order valence-corrected chi connectivity index (χ4v) is 2.03. The van der Waals surface area contributed by atoms with Crippen LogP contribution >= 0.6 is 0 Å². The summed E-state index contributed by atoms with van der Waals surface area (Å²) in [4.78, 5) is 17.0. The zero-order chi connectivity index (χ0) is 13.1. The van der Waals surface area contributed by atoms with E-state index < -0.39 is 5.97 Å². The molecule has 0 aliphatic carbocycles. The molecule has 0 saturated carbocycles. The highest BCUT2D eigenvalue weighted by Gasteiger charge is 2.33. The van der Waals surface area contributed by atoms with Gasteiger partial charge in [-0.3, -0.25) is 14.7 Å². The lowest BCUT2D eigenvalue weighted by Crippen LogP contribution is -2.49. The summed E-state index contributed by atoms with van der Waals surface area (Å²) in [6, 6.07) is 1.73. The first kappa shape index (κ1) is 12.6. The maximum absolute atomic E-state index is 10.7. The number of likely N-dealkylation sites (tertiary alicyclic amines) is 1. The number of aliphatic carboxylic acids is 1. The molecule has 1 N–H and O–H groups in total. The first-order valence-electron chi connectivity index (χ1n) is 5.66. The topological polar surface area (TPSA) is 71.9 Å². The molecule has 2 rings (SSSR count). The Bertz CT molecular complexity index is 444. The summed E-state index contributed by atoms with van der Waals surface area (Å²) >= 11 is 0. The van der Waals surface area contributed by atoms with Crippen molar-refractivity contribution in [1.82, 2.24) is 9.88 Å². The van der Waals surface area contributed by atoms with Crippen LogP contribution in [-0.4, -0.2) is 48.3 Å². The van der Waals surface area contributed by atoms with E-state index in [1.54, 1.807) is 26.5 Å². The maximum atomic E-state index is 10.7. The molecule has 0 amide bonds. The normalized spacial score (nSPS) is 16.1. The summed E-state index contributed by atoms with van der Waals surface area (Å²) in [6.45, 7) is 1.68. The van der Waals surface area contributed by atoms with Crippen molar-refractivity contribution in [3.63, 3.8) is 0 Å². The number of rotatable bonds is 5. The minimum absolute atomic E-state index is 0.262. The largest absolute Gasteiger partial charge is 0.493 e. The number of carboxylic acid groups (broad SMARTS) is 1. The van der Waals surface area contributed by atoms with Gasteiger partial charge in [0.05, 0.1) is 20.1 Å². The summed E-state index contributed by atoms with van der Waals surface area (Å²) < 4.78 is 10.5. The van der Waals surface area contributed by atoms with E-state index in [1.807, 2.05) is 4.90 Å². The number of carbonyl (C=O) groups is 1. The highest BCUT2D eigenvalue weighted by Crippen LogP contribution is 2.31. The van der Waals surface area contributed by atoms with Gasteiger partial charge in [0.2, 0.25) is 0 Å². The molecule has 0 aromatic carbocycles. The number of pyridine rings is 1. The van der Waals surface area contributed by atoms with Gasteiger partial charge in [0, 0.05) is 31.9 Å². The number of hydrogen-bond acceptors (Lipinski definition) is 5. The van der Waals surface area contributed by atoms with Crippen molar-refractivity contribution in [2.24, 2.45) is 5.92 Å². The van der Waals surface area contributed by atoms with Crippen LogP contribution in [0.3, 0.4) is 0 Å². The van der Waals surface area contributed by atoms with Crippen molar-refractivity contribution >= 4 is 5.97 Å². The predicted molar refractivity (Wildman–Crippen MR) is 63.7 cm³/mol. The molecule has 1 saturated heterocycles. The molecule has 1 aromatic heterocycles. The van der Waals surface area contributed by atoms with Crippen LogP contribution in [0.5, 0.6) is 11.5 Å². The third-order valence-corrected chi connectivity index (χ3v) is 3.05. The van der Waals surface area contributed by atoms with E-state index in [1.165, 1.54) is 0 Å². The zero-order valence-corrected chi connectivity index (χ0v) is 10.4. The van der Waals surface area contributed by atoms with Crippen LogP contribution < -0.4 is 9.47 Å². The average molecular weight is 252 g/mol.